The Bertz CT molecular complexity index is 1370. The normalized spacial score (nSPS) is 11.0. The van der Waals surface area contributed by atoms with Gasteiger partial charge in [-0.3, -0.25) is 14.2 Å². The van der Waals surface area contributed by atoms with Gasteiger partial charge in [-0.05, 0) is 53.9 Å². The van der Waals surface area contributed by atoms with Crippen molar-refractivity contribution in [3.63, 3.8) is 0 Å². The zero-order valence-corrected chi connectivity index (χ0v) is 18.1. The van der Waals surface area contributed by atoms with Gasteiger partial charge in [0, 0.05) is 20.8 Å². The van der Waals surface area contributed by atoms with E-state index in [0.29, 0.717) is 36.7 Å². The largest absolute Gasteiger partial charge is 0.336 e. The molecule has 2 aromatic heterocycles. The lowest BCUT2D eigenvalue weighted by Gasteiger charge is -2.13. The second-order valence-corrected chi connectivity index (χ2v) is 8.55. The van der Waals surface area contributed by atoms with Gasteiger partial charge in [0.05, 0.1) is 11.2 Å². The second kappa shape index (κ2) is 8.28. The predicted octanol–water partition coefficient (Wildman–Crippen LogP) is 4.81. The Balaban J connectivity index is 1.78. The monoisotopic (exact) mass is 479 g/mol. The van der Waals surface area contributed by atoms with Gasteiger partial charge < -0.3 is 5.32 Å². The first-order chi connectivity index (χ1) is 14.3. The van der Waals surface area contributed by atoms with Gasteiger partial charge in [-0.15, -0.1) is 11.3 Å². The molecule has 6 nitrogen and oxygen atoms in total. The summed E-state index contributed by atoms with van der Waals surface area (Å²) in [5.41, 5.74) is 0.0659. The van der Waals surface area contributed by atoms with Crippen LogP contribution >= 0.6 is 46.1 Å². The number of hydrogen-bond acceptors (Lipinski definition) is 4. The third-order valence-electron chi connectivity index (χ3n) is 4.29. The number of benzene rings is 2. The topological polar surface area (TPSA) is 73.1 Å². The van der Waals surface area contributed by atoms with Crippen LogP contribution in [0.15, 0.2) is 63.5 Å². The fourth-order valence-corrected chi connectivity index (χ4v) is 4.50. The van der Waals surface area contributed by atoms with Crippen molar-refractivity contribution in [3.05, 3.63) is 89.8 Å². The van der Waals surface area contributed by atoms with Gasteiger partial charge in [-0.2, -0.15) is 0 Å². The molecule has 0 radical (unpaired) electrons. The van der Waals surface area contributed by atoms with Crippen LogP contribution in [0.1, 0.15) is 0 Å². The number of fused-ring (bicyclic) bond motifs is 1. The van der Waals surface area contributed by atoms with Crippen molar-refractivity contribution in [1.29, 1.82) is 0 Å². The molecule has 0 bridgehead atoms. The minimum absolute atomic E-state index is 0.302. The zero-order valence-electron chi connectivity index (χ0n) is 15.1. The molecule has 0 aliphatic rings. The number of aromatic nitrogens is 2. The van der Waals surface area contributed by atoms with Crippen molar-refractivity contribution >= 4 is 68.0 Å². The minimum Gasteiger partial charge on any atom is -0.324 e. The summed E-state index contributed by atoms with van der Waals surface area (Å²) in [6.45, 7) is -0.302. The molecule has 0 spiro atoms. The minimum atomic E-state index is -0.632. The molecule has 4 aromatic rings. The highest BCUT2D eigenvalue weighted by Gasteiger charge is 2.18. The van der Waals surface area contributed by atoms with E-state index < -0.39 is 17.2 Å². The van der Waals surface area contributed by atoms with Crippen molar-refractivity contribution in [2.24, 2.45) is 0 Å². The van der Waals surface area contributed by atoms with E-state index in [9.17, 15) is 14.4 Å². The van der Waals surface area contributed by atoms with Gasteiger partial charge in [0.1, 0.15) is 11.2 Å². The molecule has 0 saturated carbocycles. The number of carbonyl (C=O) groups excluding carboxylic acids is 1. The maximum absolute atomic E-state index is 13.2. The molecule has 0 aliphatic carbocycles. The van der Waals surface area contributed by atoms with Crippen molar-refractivity contribution in [2.75, 3.05) is 5.32 Å². The lowest BCUT2D eigenvalue weighted by molar-refractivity contribution is -0.116. The van der Waals surface area contributed by atoms with Crippen molar-refractivity contribution in [2.45, 2.75) is 6.54 Å². The summed E-state index contributed by atoms with van der Waals surface area (Å²) in [7, 11) is 0. The molecular weight excluding hydrogens is 469 g/mol. The summed E-state index contributed by atoms with van der Waals surface area (Å²) in [6, 6.07) is 12.6. The van der Waals surface area contributed by atoms with Gasteiger partial charge in [-0.1, -0.05) is 34.8 Å². The first-order valence-corrected chi connectivity index (χ1v) is 10.6. The summed E-state index contributed by atoms with van der Waals surface area (Å²) < 4.78 is 2.64. The van der Waals surface area contributed by atoms with E-state index in [0.717, 1.165) is 4.57 Å². The van der Waals surface area contributed by atoms with Crippen molar-refractivity contribution < 1.29 is 4.79 Å². The van der Waals surface area contributed by atoms with E-state index in [1.165, 1.54) is 15.9 Å². The molecule has 0 atom stereocenters. The summed E-state index contributed by atoms with van der Waals surface area (Å²) in [5, 5.41) is 5.58. The van der Waals surface area contributed by atoms with Gasteiger partial charge >= 0.3 is 5.69 Å². The Labute approximate surface area is 188 Å². The smallest absolute Gasteiger partial charge is 0.324 e. The highest BCUT2D eigenvalue weighted by atomic mass is 35.5. The summed E-state index contributed by atoms with van der Waals surface area (Å²) in [6.07, 6.45) is 0. The predicted molar refractivity (Wildman–Crippen MR) is 122 cm³/mol. The lowest BCUT2D eigenvalue weighted by atomic mass is 10.3. The van der Waals surface area contributed by atoms with Gasteiger partial charge in [0.2, 0.25) is 5.91 Å². The quantitative estimate of drug-likeness (QED) is 0.455. The Kier molecular flexibility index (Phi) is 5.71. The Morgan fingerprint density at radius 2 is 1.60 bits per heavy atom. The molecule has 0 aliphatic heterocycles. The first-order valence-electron chi connectivity index (χ1n) is 8.58. The average Bonchev–Trinajstić information content (AvgIpc) is 3.16. The highest BCUT2D eigenvalue weighted by molar-refractivity contribution is 7.17. The van der Waals surface area contributed by atoms with Gasteiger partial charge in [0.25, 0.3) is 5.56 Å². The number of nitrogens with one attached hydrogen (secondary N) is 1. The van der Waals surface area contributed by atoms with Gasteiger partial charge in [-0.25, -0.2) is 9.36 Å². The van der Waals surface area contributed by atoms with Crippen LogP contribution in [0.3, 0.4) is 0 Å². The lowest BCUT2D eigenvalue weighted by Crippen LogP contribution is -2.40. The molecule has 2 aromatic carbocycles. The molecule has 0 saturated heterocycles. The Hall–Kier alpha value is -2.58. The van der Waals surface area contributed by atoms with Crippen LogP contribution in [0.5, 0.6) is 0 Å². The number of hydrogen-bond donors (Lipinski definition) is 1. The molecule has 30 heavy (non-hydrogen) atoms. The molecule has 4 rings (SSSR count). The number of rotatable bonds is 4. The Morgan fingerprint density at radius 1 is 0.933 bits per heavy atom. The third kappa shape index (κ3) is 4.02. The molecule has 10 heteroatoms. The summed E-state index contributed by atoms with van der Waals surface area (Å²) in [4.78, 5) is 38.7. The summed E-state index contributed by atoms with van der Waals surface area (Å²) in [5.74, 6) is -0.468. The standard InChI is InChI=1S/C20H12Cl3N3O3S/c21-11-1-3-15(4-2-11)26-19(28)18-16(5-6-30-18)25(20(26)29)10-17(27)24-14-8-12(22)7-13(23)9-14/h1-9H,10H2,(H,24,27). The fourth-order valence-electron chi connectivity index (χ4n) is 3.03. The molecule has 1 N–H and O–H groups in total. The van der Waals surface area contributed by atoms with E-state index in [2.05, 4.69) is 5.32 Å². The zero-order chi connectivity index (χ0) is 21.4. The Morgan fingerprint density at radius 3 is 2.27 bits per heavy atom. The van der Waals surface area contributed by atoms with Crippen LogP contribution in [0.2, 0.25) is 15.1 Å². The molecule has 1 amide bonds. The SMILES string of the molecule is O=C(Cn1c(=O)n(-c2ccc(Cl)cc2)c(=O)c2sccc21)Nc1cc(Cl)cc(Cl)c1. The van der Waals surface area contributed by atoms with E-state index in [4.69, 9.17) is 34.8 Å². The highest BCUT2D eigenvalue weighted by Crippen LogP contribution is 2.23. The van der Waals surface area contributed by atoms with Crippen molar-refractivity contribution in [3.8, 4) is 5.69 Å². The van der Waals surface area contributed by atoms with Crippen LogP contribution in [-0.4, -0.2) is 15.0 Å². The van der Waals surface area contributed by atoms with Crippen LogP contribution in [0.25, 0.3) is 15.9 Å². The first kappa shape index (κ1) is 20.7. The average molecular weight is 481 g/mol. The number of carbonyl (C=O) groups is 1. The van der Waals surface area contributed by atoms with E-state index >= 15 is 0 Å². The molecule has 0 unspecified atom stereocenters. The third-order valence-corrected chi connectivity index (χ3v) is 5.87. The number of nitrogens with zero attached hydrogens (tertiary/aromatic N) is 2. The molecule has 0 fully saturated rings. The molecule has 152 valence electrons. The van der Waals surface area contributed by atoms with E-state index in [1.54, 1.807) is 53.9 Å². The van der Waals surface area contributed by atoms with Crippen LogP contribution in [-0.2, 0) is 11.3 Å². The fraction of sp³-hybridized carbons (Fsp3) is 0.0500. The van der Waals surface area contributed by atoms with Crippen LogP contribution in [0, 0.1) is 0 Å². The van der Waals surface area contributed by atoms with E-state index in [1.807, 2.05) is 0 Å². The summed E-state index contributed by atoms with van der Waals surface area (Å²) >= 11 is 19.0. The maximum atomic E-state index is 13.2. The number of halogens is 3. The van der Waals surface area contributed by atoms with Crippen LogP contribution in [0.4, 0.5) is 5.69 Å². The number of thiophene rings is 1. The molecular formula is C20H12Cl3N3O3S. The van der Waals surface area contributed by atoms with Crippen LogP contribution < -0.4 is 16.6 Å². The number of amides is 1. The molecule has 2 heterocycles. The van der Waals surface area contributed by atoms with E-state index in [-0.39, 0.29) is 6.54 Å². The van der Waals surface area contributed by atoms with Crippen molar-refractivity contribution in [1.82, 2.24) is 9.13 Å². The second-order valence-electron chi connectivity index (χ2n) is 6.33. The number of anilines is 1. The maximum Gasteiger partial charge on any atom is 0.336 e. The van der Waals surface area contributed by atoms with Gasteiger partial charge in [0.15, 0.2) is 0 Å².